The van der Waals surface area contributed by atoms with E-state index in [-0.39, 0.29) is 11.4 Å². The van der Waals surface area contributed by atoms with E-state index in [9.17, 15) is 14.9 Å². The number of rotatable bonds is 5. The fourth-order valence-electron chi connectivity index (χ4n) is 1.89. The van der Waals surface area contributed by atoms with Gasteiger partial charge in [0.05, 0.1) is 10.6 Å². The summed E-state index contributed by atoms with van der Waals surface area (Å²) in [5, 5.41) is 24.1. The number of benzene rings is 1. The van der Waals surface area contributed by atoms with E-state index in [1.54, 1.807) is 12.1 Å². The minimum atomic E-state index is -1.07. The van der Waals surface area contributed by atoms with E-state index in [1.165, 1.54) is 22.9 Å². The lowest BCUT2D eigenvalue weighted by atomic mass is 10.1. The van der Waals surface area contributed by atoms with Crippen LogP contribution >= 0.6 is 0 Å². The predicted octanol–water partition coefficient (Wildman–Crippen LogP) is 2.57. The molecule has 20 heavy (non-hydrogen) atoms. The maximum Gasteiger partial charge on any atom is 0.354 e. The molecule has 0 aliphatic heterocycles. The third-order valence-corrected chi connectivity index (χ3v) is 2.79. The van der Waals surface area contributed by atoms with Gasteiger partial charge in [-0.05, 0) is 12.5 Å². The van der Waals surface area contributed by atoms with E-state index in [0.29, 0.717) is 17.8 Å². The first-order chi connectivity index (χ1) is 9.52. The van der Waals surface area contributed by atoms with E-state index in [0.717, 1.165) is 6.42 Å². The Morgan fingerprint density at radius 3 is 2.80 bits per heavy atom. The van der Waals surface area contributed by atoms with E-state index in [4.69, 9.17) is 5.11 Å². The van der Waals surface area contributed by atoms with Gasteiger partial charge in [0.15, 0.2) is 0 Å². The zero-order valence-electron chi connectivity index (χ0n) is 10.8. The van der Waals surface area contributed by atoms with Gasteiger partial charge in [-0.3, -0.25) is 14.8 Å². The number of aryl methyl sites for hydroxylation is 1. The molecule has 0 atom stereocenters. The van der Waals surface area contributed by atoms with Crippen LogP contribution in [0.3, 0.4) is 0 Å². The molecule has 1 aromatic carbocycles. The molecule has 0 bridgehead atoms. The van der Waals surface area contributed by atoms with Gasteiger partial charge in [-0.1, -0.05) is 19.1 Å². The number of carboxylic acids is 1. The fourth-order valence-corrected chi connectivity index (χ4v) is 1.89. The first-order valence-corrected chi connectivity index (χ1v) is 6.09. The lowest BCUT2D eigenvalue weighted by Gasteiger charge is -2.00. The third-order valence-electron chi connectivity index (χ3n) is 2.79. The lowest BCUT2D eigenvalue weighted by molar-refractivity contribution is -0.384. The Morgan fingerprint density at radius 2 is 2.20 bits per heavy atom. The highest BCUT2D eigenvalue weighted by atomic mass is 16.6. The molecular formula is C13H13N3O4. The monoisotopic (exact) mass is 275 g/mol. The lowest BCUT2D eigenvalue weighted by Crippen LogP contribution is -2.09. The topological polar surface area (TPSA) is 98.3 Å². The van der Waals surface area contributed by atoms with Crippen molar-refractivity contribution in [2.75, 3.05) is 0 Å². The minimum absolute atomic E-state index is 0.0515. The molecule has 0 aliphatic carbocycles. The zero-order valence-corrected chi connectivity index (χ0v) is 10.8. The molecule has 0 unspecified atom stereocenters. The SMILES string of the molecule is CCCn1nc(-c2cccc([N+](=O)[O-])c2)cc1C(=O)O. The quantitative estimate of drug-likeness (QED) is 0.667. The first-order valence-electron chi connectivity index (χ1n) is 6.09. The van der Waals surface area contributed by atoms with E-state index in [2.05, 4.69) is 5.10 Å². The number of nitro groups is 1. The second-order valence-corrected chi connectivity index (χ2v) is 4.25. The molecule has 104 valence electrons. The highest BCUT2D eigenvalue weighted by molar-refractivity contribution is 5.87. The molecule has 1 N–H and O–H groups in total. The van der Waals surface area contributed by atoms with Crippen molar-refractivity contribution in [2.24, 2.45) is 0 Å². The molecule has 0 aliphatic rings. The fraction of sp³-hybridized carbons (Fsp3) is 0.231. The van der Waals surface area contributed by atoms with Crippen LogP contribution < -0.4 is 0 Å². The number of nitro benzene ring substituents is 1. The van der Waals surface area contributed by atoms with Crippen molar-refractivity contribution in [1.82, 2.24) is 9.78 Å². The first kappa shape index (κ1) is 13.7. The normalized spacial score (nSPS) is 10.4. The minimum Gasteiger partial charge on any atom is -0.477 e. The molecule has 0 saturated heterocycles. The Hall–Kier alpha value is -2.70. The molecule has 2 rings (SSSR count). The van der Waals surface area contributed by atoms with Crippen molar-refractivity contribution < 1.29 is 14.8 Å². The molecule has 2 aromatic rings. The van der Waals surface area contributed by atoms with E-state index in [1.807, 2.05) is 6.92 Å². The third kappa shape index (κ3) is 2.66. The second-order valence-electron chi connectivity index (χ2n) is 4.25. The summed E-state index contributed by atoms with van der Waals surface area (Å²) in [6.07, 6.45) is 0.746. The van der Waals surface area contributed by atoms with Gasteiger partial charge in [-0.2, -0.15) is 5.10 Å². The van der Waals surface area contributed by atoms with Crippen molar-refractivity contribution in [2.45, 2.75) is 19.9 Å². The maximum atomic E-state index is 11.1. The number of non-ortho nitro benzene ring substituents is 1. The van der Waals surface area contributed by atoms with Crippen LogP contribution in [0.4, 0.5) is 5.69 Å². The zero-order chi connectivity index (χ0) is 14.7. The molecule has 1 aromatic heterocycles. The Labute approximate surface area is 114 Å². The van der Waals surface area contributed by atoms with Gasteiger partial charge >= 0.3 is 5.97 Å². The van der Waals surface area contributed by atoms with Crippen LogP contribution in [-0.4, -0.2) is 25.8 Å². The van der Waals surface area contributed by atoms with Crippen molar-refractivity contribution in [3.63, 3.8) is 0 Å². The Morgan fingerprint density at radius 1 is 1.45 bits per heavy atom. The van der Waals surface area contributed by atoms with Crippen molar-refractivity contribution >= 4 is 11.7 Å². The van der Waals surface area contributed by atoms with Crippen LogP contribution in [0.2, 0.25) is 0 Å². The van der Waals surface area contributed by atoms with Crippen LogP contribution in [0, 0.1) is 10.1 Å². The average Bonchev–Trinajstić information content (AvgIpc) is 2.83. The number of nitrogens with zero attached hydrogens (tertiary/aromatic N) is 3. The molecule has 7 heteroatoms. The van der Waals surface area contributed by atoms with Gasteiger partial charge in [0, 0.05) is 24.2 Å². The van der Waals surface area contributed by atoms with Gasteiger partial charge in [0.25, 0.3) is 5.69 Å². The summed E-state index contributed by atoms with van der Waals surface area (Å²) in [6.45, 7) is 2.40. The molecule has 1 heterocycles. The van der Waals surface area contributed by atoms with Gasteiger partial charge in [0.2, 0.25) is 0 Å². The molecule has 0 radical (unpaired) electrons. The number of carboxylic acid groups (broad SMARTS) is 1. The van der Waals surface area contributed by atoms with Gasteiger partial charge in [-0.25, -0.2) is 4.79 Å². The highest BCUT2D eigenvalue weighted by Crippen LogP contribution is 2.23. The van der Waals surface area contributed by atoms with Gasteiger partial charge < -0.3 is 5.11 Å². The predicted molar refractivity (Wildman–Crippen MR) is 71.6 cm³/mol. The number of aromatic nitrogens is 2. The van der Waals surface area contributed by atoms with Crippen molar-refractivity contribution in [3.05, 3.63) is 46.1 Å². The molecule has 0 amide bonds. The maximum absolute atomic E-state index is 11.1. The standard InChI is InChI=1S/C13H13N3O4/c1-2-6-15-12(13(17)18)8-11(14-15)9-4-3-5-10(7-9)16(19)20/h3-5,7-8H,2,6H2,1H3,(H,17,18). The average molecular weight is 275 g/mol. The molecular weight excluding hydrogens is 262 g/mol. The summed E-state index contributed by atoms with van der Waals surface area (Å²) in [7, 11) is 0. The molecule has 7 nitrogen and oxygen atoms in total. The van der Waals surface area contributed by atoms with E-state index >= 15 is 0 Å². The summed E-state index contributed by atoms with van der Waals surface area (Å²) >= 11 is 0. The van der Waals surface area contributed by atoms with Gasteiger partial charge in [0.1, 0.15) is 5.69 Å². The highest BCUT2D eigenvalue weighted by Gasteiger charge is 2.16. The van der Waals surface area contributed by atoms with Crippen LogP contribution in [0.25, 0.3) is 11.3 Å². The Bertz CT molecular complexity index is 663. The Balaban J connectivity index is 2.47. The van der Waals surface area contributed by atoms with Crippen molar-refractivity contribution in [3.8, 4) is 11.3 Å². The van der Waals surface area contributed by atoms with Crippen LogP contribution in [0.15, 0.2) is 30.3 Å². The molecule has 0 spiro atoms. The largest absolute Gasteiger partial charge is 0.477 e. The number of hydrogen-bond acceptors (Lipinski definition) is 4. The summed E-state index contributed by atoms with van der Waals surface area (Å²) in [4.78, 5) is 21.4. The van der Waals surface area contributed by atoms with Crippen LogP contribution in [0.1, 0.15) is 23.8 Å². The van der Waals surface area contributed by atoms with Crippen LogP contribution in [0.5, 0.6) is 0 Å². The van der Waals surface area contributed by atoms with Crippen LogP contribution in [-0.2, 0) is 6.54 Å². The summed E-state index contributed by atoms with van der Waals surface area (Å²) in [5.41, 5.74) is 0.967. The molecule has 0 fully saturated rings. The summed E-state index contributed by atoms with van der Waals surface area (Å²) < 4.78 is 1.40. The second kappa shape index (κ2) is 5.52. The Kier molecular flexibility index (Phi) is 3.79. The summed E-state index contributed by atoms with van der Waals surface area (Å²) in [5.74, 6) is -1.07. The number of carbonyl (C=O) groups is 1. The number of aromatic carboxylic acids is 1. The van der Waals surface area contributed by atoms with E-state index < -0.39 is 10.9 Å². The van der Waals surface area contributed by atoms with Gasteiger partial charge in [-0.15, -0.1) is 0 Å². The van der Waals surface area contributed by atoms with Crippen molar-refractivity contribution in [1.29, 1.82) is 0 Å². The summed E-state index contributed by atoms with van der Waals surface area (Å²) in [6, 6.07) is 7.40. The smallest absolute Gasteiger partial charge is 0.354 e. The number of hydrogen-bond donors (Lipinski definition) is 1. The molecule has 0 saturated carbocycles.